The van der Waals surface area contributed by atoms with Crippen molar-refractivity contribution in [3.8, 4) is 5.75 Å². The van der Waals surface area contributed by atoms with E-state index in [0.717, 1.165) is 13.0 Å². The lowest BCUT2D eigenvalue weighted by Gasteiger charge is -2.33. The third-order valence-electron chi connectivity index (χ3n) is 3.84. The van der Waals surface area contributed by atoms with E-state index in [-0.39, 0.29) is 18.6 Å². The summed E-state index contributed by atoms with van der Waals surface area (Å²) in [6.07, 6.45) is 0.935. The number of nitrogen functional groups attached to an aromatic ring is 1. The molecule has 2 N–H and O–H groups in total. The van der Waals surface area contributed by atoms with Crippen molar-refractivity contribution >= 4 is 22.9 Å². The fourth-order valence-corrected chi connectivity index (χ4v) is 3.60. The largest absolute Gasteiger partial charge is 0.484 e. The number of benzene rings is 1. The molecule has 1 aliphatic rings. The van der Waals surface area contributed by atoms with Crippen LogP contribution in [0.15, 0.2) is 35.7 Å². The van der Waals surface area contributed by atoms with Gasteiger partial charge in [-0.15, -0.1) is 11.3 Å². The summed E-state index contributed by atoms with van der Waals surface area (Å²) in [5.41, 5.74) is 7.58. The molecule has 1 atom stereocenters. The Morgan fingerprint density at radius 2 is 2.14 bits per heavy atom. The Labute approximate surface area is 128 Å². The van der Waals surface area contributed by atoms with E-state index < -0.39 is 0 Å². The molecule has 3 rings (SSSR count). The average Bonchev–Trinajstić information content (AvgIpc) is 2.96. The van der Waals surface area contributed by atoms with Crippen LogP contribution in [0.25, 0.3) is 0 Å². The molecule has 2 aromatic rings. The predicted octanol–water partition coefficient (Wildman–Crippen LogP) is 2.86. The van der Waals surface area contributed by atoms with Crippen LogP contribution in [0.4, 0.5) is 5.69 Å². The van der Waals surface area contributed by atoms with Crippen molar-refractivity contribution in [2.75, 3.05) is 18.9 Å². The van der Waals surface area contributed by atoms with Gasteiger partial charge in [-0.3, -0.25) is 4.79 Å². The van der Waals surface area contributed by atoms with Gasteiger partial charge in [-0.2, -0.15) is 0 Å². The molecule has 21 heavy (non-hydrogen) atoms. The number of amides is 1. The SMILES string of the molecule is CC1c2ccsc2CCN1C(=O)COc1ccc(N)cc1. The number of hydrogen-bond donors (Lipinski definition) is 1. The van der Waals surface area contributed by atoms with Crippen molar-refractivity contribution < 1.29 is 9.53 Å². The number of fused-ring (bicyclic) bond motifs is 1. The van der Waals surface area contributed by atoms with Crippen molar-refractivity contribution in [1.29, 1.82) is 0 Å². The van der Waals surface area contributed by atoms with Crippen LogP contribution in [0.2, 0.25) is 0 Å². The Balaban J connectivity index is 1.62. The highest BCUT2D eigenvalue weighted by Crippen LogP contribution is 2.32. The number of hydrogen-bond acceptors (Lipinski definition) is 4. The highest BCUT2D eigenvalue weighted by atomic mass is 32.1. The summed E-state index contributed by atoms with van der Waals surface area (Å²) < 4.78 is 5.55. The van der Waals surface area contributed by atoms with Crippen molar-refractivity contribution in [2.45, 2.75) is 19.4 Å². The minimum Gasteiger partial charge on any atom is -0.484 e. The summed E-state index contributed by atoms with van der Waals surface area (Å²) in [7, 11) is 0. The highest BCUT2D eigenvalue weighted by Gasteiger charge is 2.28. The minimum atomic E-state index is 0.0242. The zero-order valence-electron chi connectivity index (χ0n) is 11.9. The molecule has 2 heterocycles. The zero-order chi connectivity index (χ0) is 14.8. The molecule has 0 aliphatic carbocycles. The third kappa shape index (κ3) is 2.88. The van der Waals surface area contributed by atoms with Gasteiger partial charge >= 0.3 is 0 Å². The maximum Gasteiger partial charge on any atom is 0.261 e. The van der Waals surface area contributed by atoms with E-state index in [0.29, 0.717) is 11.4 Å². The molecule has 0 spiro atoms. The highest BCUT2D eigenvalue weighted by molar-refractivity contribution is 7.10. The fraction of sp³-hybridized carbons (Fsp3) is 0.312. The van der Waals surface area contributed by atoms with Gasteiger partial charge in [0.15, 0.2) is 6.61 Å². The minimum absolute atomic E-state index is 0.0242. The van der Waals surface area contributed by atoms with Gasteiger partial charge in [0.1, 0.15) is 5.75 Å². The number of carbonyl (C=O) groups is 1. The molecule has 0 bridgehead atoms. The molecule has 0 saturated carbocycles. The zero-order valence-corrected chi connectivity index (χ0v) is 12.7. The van der Waals surface area contributed by atoms with Crippen LogP contribution in [0, 0.1) is 0 Å². The van der Waals surface area contributed by atoms with Gasteiger partial charge in [0, 0.05) is 17.1 Å². The first-order valence-electron chi connectivity index (χ1n) is 6.99. The number of anilines is 1. The normalized spacial score (nSPS) is 17.4. The van der Waals surface area contributed by atoms with Crippen LogP contribution in [-0.2, 0) is 11.2 Å². The summed E-state index contributed by atoms with van der Waals surface area (Å²) in [5.74, 6) is 0.689. The molecule has 5 heteroatoms. The van der Waals surface area contributed by atoms with Crippen molar-refractivity contribution in [1.82, 2.24) is 4.90 Å². The molecule has 1 unspecified atom stereocenters. The van der Waals surface area contributed by atoms with Gasteiger partial charge in [0.25, 0.3) is 5.91 Å². The van der Waals surface area contributed by atoms with E-state index in [4.69, 9.17) is 10.5 Å². The summed E-state index contributed by atoms with van der Waals surface area (Å²) >= 11 is 1.77. The Morgan fingerprint density at radius 3 is 2.90 bits per heavy atom. The van der Waals surface area contributed by atoms with E-state index >= 15 is 0 Å². The predicted molar refractivity (Wildman–Crippen MR) is 84.5 cm³/mol. The molecule has 1 aromatic carbocycles. The van der Waals surface area contributed by atoms with Gasteiger partial charge < -0.3 is 15.4 Å². The first-order valence-corrected chi connectivity index (χ1v) is 7.87. The monoisotopic (exact) mass is 302 g/mol. The summed E-state index contributed by atoms with van der Waals surface area (Å²) in [6.45, 7) is 2.90. The number of ether oxygens (including phenoxy) is 1. The molecule has 4 nitrogen and oxygen atoms in total. The van der Waals surface area contributed by atoms with E-state index in [1.165, 1.54) is 10.4 Å². The van der Waals surface area contributed by atoms with Crippen molar-refractivity contribution in [2.24, 2.45) is 0 Å². The molecule has 0 radical (unpaired) electrons. The van der Waals surface area contributed by atoms with E-state index in [9.17, 15) is 4.79 Å². The lowest BCUT2D eigenvalue weighted by atomic mass is 10.0. The smallest absolute Gasteiger partial charge is 0.261 e. The van der Waals surface area contributed by atoms with Crippen LogP contribution >= 0.6 is 11.3 Å². The second-order valence-corrected chi connectivity index (χ2v) is 6.17. The van der Waals surface area contributed by atoms with Gasteiger partial charge in [0.05, 0.1) is 6.04 Å². The quantitative estimate of drug-likeness (QED) is 0.887. The molecule has 1 aromatic heterocycles. The maximum absolute atomic E-state index is 12.4. The van der Waals surface area contributed by atoms with Crippen LogP contribution in [0.1, 0.15) is 23.4 Å². The topological polar surface area (TPSA) is 55.6 Å². The van der Waals surface area contributed by atoms with Gasteiger partial charge in [-0.05, 0) is 54.6 Å². The van der Waals surface area contributed by atoms with Gasteiger partial charge in [-0.1, -0.05) is 0 Å². The fourth-order valence-electron chi connectivity index (χ4n) is 2.64. The van der Waals surface area contributed by atoms with Crippen LogP contribution in [-0.4, -0.2) is 24.0 Å². The Kier molecular flexibility index (Phi) is 3.84. The molecule has 1 aliphatic heterocycles. The average molecular weight is 302 g/mol. The first kappa shape index (κ1) is 13.9. The standard InChI is InChI=1S/C16H18N2O2S/c1-11-14-7-9-21-15(14)6-8-18(11)16(19)10-20-13-4-2-12(17)3-5-13/h2-5,7,9,11H,6,8,10,17H2,1H3. The molecule has 1 amide bonds. The van der Waals surface area contributed by atoms with Crippen molar-refractivity contribution in [3.05, 3.63) is 46.2 Å². The Morgan fingerprint density at radius 1 is 1.38 bits per heavy atom. The van der Waals surface area contributed by atoms with Crippen LogP contribution in [0.3, 0.4) is 0 Å². The molecule has 110 valence electrons. The van der Waals surface area contributed by atoms with Crippen LogP contribution in [0.5, 0.6) is 5.75 Å². The van der Waals surface area contributed by atoms with Crippen molar-refractivity contribution in [3.63, 3.8) is 0 Å². The van der Waals surface area contributed by atoms with E-state index in [1.807, 2.05) is 4.90 Å². The first-order chi connectivity index (χ1) is 10.1. The third-order valence-corrected chi connectivity index (χ3v) is 4.84. The van der Waals surface area contributed by atoms with Crippen LogP contribution < -0.4 is 10.5 Å². The second-order valence-electron chi connectivity index (χ2n) is 5.17. The molecular weight excluding hydrogens is 284 g/mol. The molecular formula is C16H18N2O2S. The van der Waals surface area contributed by atoms with E-state index in [1.54, 1.807) is 35.6 Å². The Bertz CT molecular complexity index is 636. The second kappa shape index (κ2) is 5.77. The van der Waals surface area contributed by atoms with E-state index in [2.05, 4.69) is 18.4 Å². The number of nitrogens with two attached hydrogens (primary N) is 1. The number of rotatable bonds is 3. The summed E-state index contributed by atoms with van der Waals surface area (Å²) in [5, 5.41) is 2.10. The number of nitrogens with zero attached hydrogens (tertiary/aromatic N) is 1. The van der Waals surface area contributed by atoms with Gasteiger partial charge in [0.2, 0.25) is 0 Å². The van der Waals surface area contributed by atoms with Gasteiger partial charge in [-0.25, -0.2) is 0 Å². The maximum atomic E-state index is 12.4. The number of thiophene rings is 1. The lowest BCUT2D eigenvalue weighted by molar-refractivity contribution is -0.135. The Hall–Kier alpha value is -2.01. The summed E-state index contributed by atoms with van der Waals surface area (Å²) in [4.78, 5) is 15.6. The molecule has 0 saturated heterocycles. The molecule has 0 fully saturated rings. The number of carbonyl (C=O) groups excluding carboxylic acids is 1. The lowest BCUT2D eigenvalue weighted by Crippen LogP contribution is -2.40. The summed E-state index contributed by atoms with van der Waals surface area (Å²) in [6, 6.07) is 9.33.